The van der Waals surface area contributed by atoms with Crippen LogP contribution in [0, 0.1) is 0 Å². The van der Waals surface area contributed by atoms with Gasteiger partial charge in [0.05, 0.1) is 33.4 Å². The fourth-order valence-corrected chi connectivity index (χ4v) is 10.0. The molecule has 0 bridgehead atoms. The van der Waals surface area contributed by atoms with E-state index in [0.717, 1.165) is 71.7 Å². The van der Waals surface area contributed by atoms with Gasteiger partial charge in [0.1, 0.15) is 39.2 Å². The minimum absolute atomic E-state index is 0.0759. The summed E-state index contributed by atoms with van der Waals surface area (Å²) in [5.41, 5.74) is 9.80. The van der Waals surface area contributed by atoms with E-state index in [1.807, 2.05) is 91.0 Å². The van der Waals surface area contributed by atoms with Crippen LogP contribution in [-0.2, 0) is 0 Å². The fourth-order valence-electron chi connectivity index (χ4n) is 10.0. The Balaban J connectivity index is 1.23. The molecule has 0 fully saturated rings. The van der Waals surface area contributed by atoms with E-state index >= 15 is 0 Å². The van der Waals surface area contributed by atoms with E-state index in [0.29, 0.717) is 40.2 Å². The second-order valence-corrected chi connectivity index (χ2v) is 17.8. The molecule has 13 aromatic rings. The minimum Gasteiger partial charge on any atom is -0.308 e. The molecule has 0 saturated heterocycles. The molecule has 13 rings (SSSR count). The van der Waals surface area contributed by atoms with Crippen LogP contribution >= 0.6 is 0 Å². The third-order valence-electron chi connectivity index (χ3n) is 13.5. The lowest BCUT2D eigenvalue weighted by Gasteiger charge is -2.22. The third kappa shape index (κ3) is 7.30. The SMILES string of the molecule is [B]c1c([B])c([B])c(-c2nc(-c3ccccc3)nc(-c3cc(-c4nc(-c5ccccc5)nc(-c5ccccc5)n4)c(-n4c5ccccc5c5ccccc54)cc3-n3c4ccccc4c4ccccc43)n2)c([B])c1[B]. The molecule has 4 aromatic heterocycles. The molecule has 9 aromatic carbocycles. The maximum Gasteiger partial charge on any atom is 0.166 e. The van der Waals surface area contributed by atoms with Crippen LogP contribution in [0.25, 0.3) is 123 Å². The summed E-state index contributed by atoms with van der Waals surface area (Å²) in [6, 6.07) is 67.5. The average molecular weight is 920 g/mol. The van der Waals surface area contributed by atoms with E-state index in [1.54, 1.807) is 0 Å². The average Bonchev–Trinajstić information content (AvgIpc) is 3.97. The number of hydrogen-bond donors (Lipinski definition) is 0. The molecule has 0 unspecified atom stereocenters. The van der Waals surface area contributed by atoms with Crippen molar-refractivity contribution in [3.63, 3.8) is 0 Å². The second-order valence-electron chi connectivity index (χ2n) is 17.8. The zero-order valence-electron chi connectivity index (χ0n) is 39.0. The van der Waals surface area contributed by atoms with Crippen molar-refractivity contribution in [3.8, 4) is 79.7 Å². The molecule has 328 valence electrons. The van der Waals surface area contributed by atoms with Gasteiger partial charge in [0, 0.05) is 54.9 Å². The molecular formula is C60H33B5N8. The predicted octanol–water partition coefficient (Wildman–Crippen LogP) is 8.22. The first-order chi connectivity index (χ1) is 35.8. The molecule has 10 radical (unpaired) electrons. The molecule has 0 aliphatic heterocycles. The molecule has 0 aliphatic carbocycles. The zero-order valence-corrected chi connectivity index (χ0v) is 39.0. The van der Waals surface area contributed by atoms with Gasteiger partial charge in [0.15, 0.2) is 34.9 Å². The van der Waals surface area contributed by atoms with Crippen molar-refractivity contribution in [2.24, 2.45) is 0 Å². The molecule has 0 atom stereocenters. The van der Waals surface area contributed by atoms with Crippen LogP contribution in [0.2, 0.25) is 0 Å². The summed E-state index contributed by atoms with van der Waals surface area (Å²) < 4.78 is 4.57. The van der Waals surface area contributed by atoms with Crippen molar-refractivity contribution < 1.29 is 0 Å². The van der Waals surface area contributed by atoms with E-state index in [4.69, 9.17) is 69.1 Å². The van der Waals surface area contributed by atoms with Gasteiger partial charge in [0.25, 0.3) is 0 Å². The number of nitrogens with zero attached hydrogens (tertiary/aromatic N) is 8. The zero-order chi connectivity index (χ0) is 49.3. The molecule has 0 saturated carbocycles. The maximum atomic E-state index is 6.81. The largest absolute Gasteiger partial charge is 0.308 e. The highest BCUT2D eigenvalue weighted by molar-refractivity contribution is 6.68. The van der Waals surface area contributed by atoms with Gasteiger partial charge in [-0.25, -0.2) is 29.9 Å². The quantitative estimate of drug-likeness (QED) is 0.143. The number of fused-ring (bicyclic) bond motifs is 6. The van der Waals surface area contributed by atoms with Crippen LogP contribution in [0.3, 0.4) is 0 Å². The maximum absolute atomic E-state index is 6.81. The van der Waals surface area contributed by atoms with Crippen molar-refractivity contribution >= 4 is 110 Å². The monoisotopic (exact) mass is 920 g/mol. The third-order valence-corrected chi connectivity index (χ3v) is 13.5. The van der Waals surface area contributed by atoms with Gasteiger partial charge in [-0.2, -0.15) is 0 Å². The highest BCUT2D eigenvalue weighted by Crippen LogP contribution is 2.43. The molecule has 0 spiro atoms. The van der Waals surface area contributed by atoms with E-state index in [1.165, 1.54) is 0 Å². The first-order valence-corrected chi connectivity index (χ1v) is 23.7. The molecular weight excluding hydrogens is 887 g/mol. The van der Waals surface area contributed by atoms with Gasteiger partial charge in [-0.1, -0.05) is 175 Å². The van der Waals surface area contributed by atoms with Crippen molar-refractivity contribution in [2.45, 2.75) is 0 Å². The molecule has 0 N–H and O–H groups in total. The number of para-hydroxylation sites is 4. The number of rotatable bonds is 8. The van der Waals surface area contributed by atoms with Gasteiger partial charge in [-0.15, -0.1) is 16.4 Å². The Morgan fingerprint density at radius 1 is 0.260 bits per heavy atom. The topological polar surface area (TPSA) is 87.2 Å². The Morgan fingerprint density at radius 3 is 0.890 bits per heavy atom. The number of hydrogen-bond acceptors (Lipinski definition) is 6. The normalized spacial score (nSPS) is 11.6. The van der Waals surface area contributed by atoms with Crippen molar-refractivity contribution in [3.05, 3.63) is 200 Å². The first-order valence-electron chi connectivity index (χ1n) is 23.7. The summed E-state index contributed by atoms with van der Waals surface area (Å²) in [4.78, 5) is 31.5. The first kappa shape index (κ1) is 43.9. The van der Waals surface area contributed by atoms with E-state index in [9.17, 15) is 0 Å². The summed E-state index contributed by atoms with van der Waals surface area (Å²) in [6.45, 7) is 0. The van der Waals surface area contributed by atoms with Gasteiger partial charge in [-0.3, -0.25) is 0 Å². The van der Waals surface area contributed by atoms with Crippen molar-refractivity contribution in [1.82, 2.24) is 39.0 Å². The Labute approximate surface area is 427 Å². The van der Waals surface area contributed by atoms with Crippen LogP contribution < -0.4 is 27.3 Å². The van der Waals surface area contributed by atoms with Crippen LogP contribution in [0.1, 0.15) is 0 Å². The highest BCUT2D eigenvalue weighted by Gasteiger charge is 2.27. The van der Waals surface area contributed by atoms with Crippen LogP contribution in [0.15, 0.2) is 200 Å². The summed E-state index contributed by atoms with van der Waals surface area (Å²) in [6.07, 6.45) is 0. The highest BCUT2D eigenvalue weighted by atomic mass is 15.1. The summed E-state index contributed by atoms with van der Waals surface area (Å²) >= 11 is 0. The Kier molecular flexibility index (Phi) is 10.6. The number of aromatic nitrogens is 8. The van der Waals surface area contributed by atoms with E-state index in [2.05, 4.69) is 118 Å². The van der Waals surface area contributed by atoms with Gasteiger partial charge >= 0.3 is 0 Å². The van der Waals surface area contributed by atoms with E-state index in [-0.39, 0.29) is 38.7 Å². The smallest absolute Gasteiger partial charge is 0.166 e. The summed E-state index contributed by atoms with van der Waals surface area (Å²) in [7, 11) is 33.0. The number of benzene rings is 9. The molecule has 73 heavy (non-hydrogen) atoms. The van der Waals surface area contributed by atoms with Crippen LogP contribution in [0.5, 0.6) is 0 Å². The molecule has 4 heterocycles. The van der Waals surface area contributed by atoms with Gasteiger partial charge < -0.3 is 9.13 Å². The van der Waals surface area contributed by atoms with Crippen LogP contribution in [0.4, 0.5) is 0 Å². The molecule has 0 amide bonds. The summed E-state index contributed by atoms with van der Waals surface area (Å²) in [5.74, 6) is 2.23. The molecule has 0 aliphatic rings. The molecule has 8 nitrogen and oxygen atoms in total. The molecule has 13 heteroatoms. The predicted molar refractivity (Wildman–Crippen MR) is 301 cm³/mol. The Morgan fingerprint density at radius 2 is 0.534 bits per heavy atom. The Hall–Kier alpha value is -9.08. The van der Waals surface area contributed by atoms with E-state index < -0.39 is 0 Å². The van der Waals surface area contributed by atoms with Crippen LogP contribution in [-0.4, -0.2) is 78.3 Å². The van der Waals surface area contributed by atoms with Crippen molar-refractivity contribution in [2.75, 3.05) is 0 Å². The lowest BCUT2D eigenvalue weighted by atomic mass is 9.60. The van der Waals surface area contributed by atoms with Gasteiger partial charge in [0.2, 0.25) is 0 Å². The lowest BCUT2D eigenvalue weighted by Crippen LogP contribution is -2.55. The standard InChI is InChI=1S/C60H33B5N8/c61-50-49(51(62)53(64)54(65)52(50)63)60-70-57(36-22-8-3-9-23-36)69-59(71-60)42-32-41(58-67-55(34-18-4-1-5-19-34)66-56(68-58)35-20-6-2-7-21-35)47(72-43-28-14-10-24-37(43)38-25-11-15-29-44(38)72)33-48(42)73-45-30-16-12-26-39(45)40-27-13-17-31-46(40)73/h1-33H. The van der Waals surface area contributed by atoms with Gasteiger partial charge in [-0.05, 0) is 36.4 Å². The Bertz CT molecular complexity index is 4140. The minimum atomic E-state index is 0.0759. The van der Waals surface area contributed by atoms with Crippen molar-refractivity contribution in [1.29, 1.82) is 0 Å². The second kappa shape index (κ2) is 17.6. The lowest BCUT2D eigenvalue weighted by molar-refractivity contribution is 1.05. The summed E-state index contributed by atoms with van der Waals surface area (Å²) in [5, 5.41) is 4.31. The fraction of sp³-hybridized carbons (Fsp3) is 0.